The molecular formula is C24H33N5O2. The number of nitrogens with zero attached hydrogens (tertiary/aromatic N) is 2. The molecule has 1 atom stereocenters. The normalized spacial score (nSPS) is 15.9. The largest absolute Gasteiger partial charge is 0.354 e. The molecule has 1 aliphatic rings. The van der Waals surface area contributed by atoms with Crippen LogP contribution in [0.2, 0.25) is 0 Å². The maximum absolute atomic E-state index is 12.8. The molecular weight excluding hydrogens is 390 g/mol. The molecule has 7 heteroatoms. The van der Waals surface area contributed by atoms with E-state index in [1.165, 1.54) is 5.56 Å². The molecule has 7 nitrogen and oxygen atoms in total. The van der Waals surface area contributed by atoms with Crippen LogP contribution in [0.25, 0.3) is 0 Å². The van der Waals surface area contributed by atoms with Gasteiger partial charge in [0.05, 0.1) is 5.41 Å². The fourth-order valence-corrected chi connectivity index (χ4v) is 3.87. The minimum atomic E-state index is -0.623. The Kier molecular flexibility index (Phi) is 7.28. The molecule has 0 saturated carbocycles. The van der Waals surface area contributed by atoms with Crippen LogP contribution in [0.5, 0.6) is 0 Å². The van der Waals surface area contributed by atoms with Crippen molar-refractivity contribution < 1.29 is 9.59 Å². The Bertz CT molecular complexity index is 875. The first-order chi connectivity index (χ1) is 14.8. The molecule has 1 fully saturated rings. The number of hydrogen-bond acceptors (Lipinski definition) is 4. The van der Waals surface area contributed by atoms with Gasteiger partial charge in [-0.15, -0.1) is 0 Å². The lowest BCUT2D eigenvalue weighted by molar-refractivity contribution is -0.125. The number of benzene rings is 1. The predicted octanol–water partition coefficient (Wildman–Crippen LogP) is 3.06. The highest BCUT2D eigenvalue weighted by atomic mass is 16.2. The van der Waals surface area contributed by atoms with Crippen molar-refractivity contribution in [2.75, 3.05) is 25.0 Å². The number of aromatic nitrogens is 1. The quantitative estimate of drug-likeness (QED) is 0.665. The number of anilines is 1. The van der Waals surface area contributed by atoms with Gasteiger partial charge >= 0.3 is 6.03 Å². The number of likely N-dealkylation sites (tertiary alicyclic amines) is 1. The van der Waals surface area contributed by atoms with Crippen LogP contribution in [0.15, 0.2) is 48.8 Å². The zero-order chi connectivity index (χ0) is 22.4. The molecule has 3 rings (SSSR count). The van der Waals surface area contributed by atoms with Gasteiger partial charge in [-0.1, -0.05) is 29.8 Å². The molecule has 0 bridgehead atoms. The molecule has 1 aliphatic heterocycles. The van der Waals surface area contributed by atoms with E-state index in [-0.39, 0.29) is 23.9 Å². The Morgan fingerprint density at radius 1 is 1.13 bits per heavy atom. The summed E-state index contributed by atoms with van der Waals surface area (Å²) in [6.07, 6.45) is 4.94. The van der Waals surface area contributed by atoms with Gasteiger partial charge in [0.1, 0.15) is 0 Å². The van der Waals surface area contributed by atoms with Crippen LogP contribution in [-0.4, -0.2) is 47.5 Å². The molecule has 1 aromatic carbocycles. The van der Waals surface area contributed by atoms with Gasteiger partial charge in [0.25, 0.3) is 0 Å². The molecule has 31 heavy (non-hydrogen) atoms. The Morgan fingerprint density at radius 3 is 2.35 bits per heavy atom. The maximum atomic E-state index is 12.8. The van der Waals surface area contributed by atoms with E-state index < -0.39 is 5.41 Å². The van der Waals surface area contributed by atoms with Gasteiger partial charge in [0.15, 0.2) is 0 Å². The summed E-state index contributed by atoms with van der Waals surface area (Å²) in [4.78, 5) is 31.0. The number of piperidine rings is 1. The van der Waals surface area contributed by atoms with Crippen molar-refractivity contribution in [1.82, 2.24) is 15.2 Å². The zero-order valence-corrected chi connectivity index (χ0v) is 18.6. The summed E-state index contributed by atoms with van der Waals surface area (Å²) in [6, 6.07) is 11.3. The maximum Gasteiger partial charge on any atom is 0.321 e. The third kappa shape index (κ3) is 5.82. The van der Waals surface area contributed by atoms with Crippen LogP contribution in [0.1, 0.15) is 37.8 Å². The van der Waals surface area contributed by atoms with E-state index in [0.717, 1.165) is 24.1 Å². The molecule has 1 unspecified atom stereocenters. The van der Waals surface area contributed by atoms with E-state index in [2.05, 4.69) is 15.6 Å². The molecule has 3 amide bonds. The smallest absolute Gasteiger partial charge is 0.321 e. The minimum absolute atomic E-state index is 0.0269. The van der Waals surface area contributed by atoms with Crippen LogP contribution >= 0.6 is 0 Å². The predicted molar refractivity (Wildman–Crippen MR) is 123 cm³/mol. The molecule has 1 saturated heterocycles. The van der Waals surface area contributed by atoms with Gasteiger partial charge in [-0.2, -0.15) is 0 Å². The summed E-state index contributed by atoms with van der Waals surface area (Å²) < 4.78 is 0. The molecule has 2 aromatic rings. The minimum Gasteiger partial charge on any atom is -0.354 e. The van der Waals surface area contributed by atoms with E-state index in [1.807, 2.05) is 49.9 Å². The SMILES string of the molecule is Cc1ccc(C(C)(C)C(=O)NCC(N)C2CCN(C(=O)Nc3ccncc3)CC2)cc1. The highest BCUT2D eigenvalue weighted by Gasteiger charge is 2.31. The van der Waals surface area contributed by atoms with E-state index in [1.54, 1.807) is 24.5 Å². The fourth-order valence-electron chi connectivity index (χ4n) is 3.87. The molecule has 2 heterocycles. The number of nitrogens with one attached hydrogen (secondary N) is 2. The van der Waals surface area contributed by atoms with Crippen molar-refractivity contribution in [3.63, 3.8) is 0 Å². The summed E-state index contributed by atoms with van der Waals surface area (Å²) >= 11 is 0. The van der Waals surface area contributed by atoms with Gasteiger partial charge in [-0.05, 0) is 57.2 Å². The van der Waals surface area contributed by atoms with Crippen molar-refractivity contribution >= 4 is 17.6 Å². The van der Waals surface area contributed by atoms with Crippen LogP contribution in [-0.2, 0) is 10.2 Å². The number of hydrogen-bond donors (Lipinski definition) is 3. The number of carbonyl (C=O) groups excluding carboxylic acids is 2. The summed E-state index contributed by atoms with van der Waals surface area (Å²) in [6.45, 7) is 7.62. The monoisotopic (exact) mass is 423 g/mol. The van der Waals surface area contributed by atoms with E-state index in [4.69, 9.17) is 5.73 Å². The average Bonchev–Trinajstić information content (AvgIpc) is 2.78. The summed E-state index contributed by atoms with van der Waals surface area (Å²) in [5.74, 6) is 0.244. The number of pyridine rings is 1. The average molecular weight is 424 g/mol. The summed E-state index contributed by atoms with van der Waals surface area (Å²) in [7, 11) is 0. The van der Waals surface area contributed by atoms with E-state index >= 15 is 0 Å². The van der Waals surface area contributed by atoms with Crippen LogP contribution < -0.4 is 16.4 Å². The van der Waals surface area contributed by atoms with Crippen molar-refractivity contribution in [3.05, 3.63) is 59.9 Å². The van der Waals surface area contributed by atoms with Crippen molar-refractivity contribution in [2.24, 2.45) is 11.7 Å². The topological polar surface area (TPSA) is 100 Å². The van der Waals surface area contributed by atoms with Gasteiger partial charge in [-0.25, -0.2) is 4.79 Å². The highest BCUT2D eigenvalue weighted by molar-refractivity contribution is 5.89. The third-order valence-corrected chi connectivity index (χ3v) is 6.20. The van der Waals surface area contributed by atoms with Gasteiger partial charge in [-0.3, -0.25) is 9.78 Å². The third-order valence-electron chi connectivity index (χ3n) is 6.20. The van der Waals surface area contributed by atoms with Crippen LogP contribution in [0.3, 0.4) is 0 Å². The highest BCUT2D eigenvalue weighted by Crippen LogP contribution is 2.24. The van der Waals surface area contributed by atoms with Crippen LogP contribution in [0, 0.1) is 12.8 Å². The number of amides is 3. The first-order valence-electron chi connectivity index (χ1n) is 10.8. The van der Waals surface area contributed by atoms with Gasteiger partial charge in [0, 0.05) is 43.8 Å². The Hall–Kier alpha value is -2.93. The summed E-state index contributed by atoms with van der Waals surface area (Å²) in [5, 5.41) is 5.93. The zero-order valence-electron chi connectivity index (χ0n) is 18.6. The lowest BCUT2D eigenvalue weighted by Crippen LogP contribution is -2.50. The number of rotatable bonds is 6. The Balaban J connectivity index is 1.45. The first kappa shape index (κ1) is 22.7. The molecule has 0 aliphatic carbocycles. The molecule has 0 spiro atoms. The van der Waals surface area contributed by atoms with Crippen molar-refractivity contribution in [2.45, 2.75) is 45.1 Å². The Labute approximate surface area is 184 Å². The van der Waals surface area contributed by atoms with Crippen molar-refractivity contribution in [3.8, 4) is 0 Å². The fraction of sp³-hybridized carbons (Fsp3) is 0.458. The van der Waals surface area contributed by atoms with Crippen molar-refractivity contribution in [1.29, 1.82) is 0 Å². The molecule has 166 valence electrons. The molecule has 1 aromatic heterocycles. The van der Waals surface area contributed by atoms with E-state index in [9.17, 15) is 9.59 Å². The number of aryl methyl sites for hydroxylation is 1. The summed E-state index contributed by atoms with van der Waals surface area (Å²) in [5.41, 5.74) is 8.67. The first-order valence-corrected chi connectivity index (χ1v) is 10.8. The van der Waals surface area contributed by atoms with Gasteiger partial charge in [0.2, 0.25) is 5.91 Å². The number of carbonyl (C=O) groups is 2. The second-order valence-electron chi connectivity index (χ2n) is 8.86. The number of urea groups is 1. The molecule has 4 N–H and O–H groups in total. The van der Waals surface area contributed by atoms with Crippen LogP contribution in [0.4, 0.5) is 10.5 Å². The lowest BCUT2D eigenvalue weighted by atomic mass is 9.83. The second kappa shape index (κ2) is 9.92. The second-order valence-corrected chi connectivity index (χ2v) is 8.86. The Morgan fingerprint density at radius 2 is 1.74 bits per heavy atom. The lowest BCUT2D eigenvalue weighted by Gasteiger charge is -2.35. The molecule has 0 radical (unpaired) electrons. The van der Waals surface area contributed by atoms with Gasteiger partial charge < -0.3 is 21.3 Å². The number of nitrogens with two attached hydrogens (primary N) is 1. The standard InChI is InChI=1S/C24H33N5O2/c1-17-4-6-19(7-5-17)24(2,3)22(30)27-16-21(25)18-10-14-29(15-11-18)23(31)28-20-8-12-26-13-9-20/h4-9,12-13,18,21H,10-11,14-16,25H2,1-3H3,(H,27,30)(H,26,28,31). The van der Waals surface area contributed by atoms with E-state index in [0.29, 0.717) is 19.6 Å².